The lowest BCUT2D eigenvalue weighted by atomic mass is 9.84. The van der Waals surface area contributed by atoms with Gasteiger partial charge in [0, 0.05) is 32.6 Å². The molecule has 5 nitrogen and oxygen atoms in total. The number of carbonyl (C=O) groups excluding carboxylic acids is 2. The summed E-state index contributed by atoms with van der Waals surface area (Å²) in [6.07, 6.45) is 6.32. The smallest absolute Gasteiger partial charge is 0.243 e. The van der Waals surface area contributed by atoms with Gasteiger partial charge in [0.15, 0.2) is 0 Å². The van der Waals surface area contributed by atoms with E-state index in [0.717, 1.165) is 45.2 Å². The minimum Gasteiger partial charge on any atom is -0.341 e. The maximum absolute atomic E-state index is 13.0. The topological polar surface area (TPSA) is 64.4 Å². The summed E-state index contributed by atoms with van der Waals surface area (Å²) in [5.74, 6) is 0.187. The molecule has 1 atom stereocenters. The zero-order valence-corrected chi connectivity index (χ0v) is 16.8. The number of piperidine rings is 1. The van der Waals surface area contributed by atoms with Gasteiger partial charge in [-0.25, -0.2) is 0 Å². The molecule has 3 fully saturated rings. The van der Waals surface area contributed by atoms with Crippen molar-refractivity contribution >= 4 is 23.2 Å². The van der Waals surface area contributed by atoms with Gasteiger partial charge in [0.05, 0.1) is 6.07 Å². The van der Waals surface area contributed by atoms with E-state index in [-0.39, 0.29) is 17.2 Å². The van der Waals surface area contributed by atoms with Crippen molar-refractivity contribution in [2.45, 2.75) is 64.5 Å². The van der Waals surface area contributed by atoms with Crippen molar-refractivity contribution in [2.24, 2.45) is 10.8 Å². The molecule has 0 radical (unpaired) electrons. The van der Waals surface area contributed by atoms with Gasteiger partial charge in [-0.1, -0.05) is 12.8 Å². The fourth-order valence-electron chi connectivity index (χ4n) is 5.13. The number of likely N-dealkylation sites (tertiary alicyclic amines) is 1. The van der Waals surface area contributed by atoms with Crippen LogP contribution in [0.1, 0.15) is 57.4 Å². The second kappa shape index (κ2) is 6.94. The first-order valence-corrected chi connectivity index (χ1v) is 10.9. The Kier molecular flexibility index (Phi) is 4.75. The van der Waals surface area contributed by atoms with Gasteiger partial charge < -0.3 is 9.80 Å². The first-order chi connectivity index (χ1) is 13.0. The van der Waals surface area contributed by atoms with Gasteiger partial charge in [0.25, 0.3) is 0 Å². The molecule has 1 aliphatic heterocycles. The standard InChI is InChI=1S/C21H27N3O2S/c1-16(25)24(13-17-4-11-27-14-17)18-12-20(18)7-9-23(10-8-20)19(26)21(15-22)5-2-3-6-21/h4,11,14,18H,2-3,5-10,12-13H2,1H3/t18-/m0/s1. The zero-order valence-electron chi connectivity index (χ0n) is 15.9. The van der Waals surface area contributed by atoms with E-state index in [2.05, 4.69) is 22.9 Å². The number of hydrogen-bond acceptors (Lipinski definition) is 4. The van der Waals surface area contributed by atoms with Gasteiger partial charge in [-0.2, -0.15) is 16.6 Å². The Morgan fingerprint density at radius 2 is 2.00 bits per heavy atom. The monoisotopic (exact) mass is 385 g/mol. The molecule has 1 aromatic heterocycles. The lowest BCUT2D eigenvalue weighted by Gasteiger charge is -2.37. The first-order valence-electron chi connectivity index (χ1n) is 9.99. The van der Waals surface area contributed by atoms with E-state index in [0.29, 0.717) is 25.4 Å². The van der Waals surface area contributed by atoms with Gasteiger partial charge in [0.2, 0.25) is 11.8 Å². The summed E-state index contributed by atoms with van der Waals surface area (Å²) in [5, 5.41) is 13.7. The molecule has 2 saturated carbocycles. The number of rotatable bonds is 4. The maximum atomic E-state index is 13.0. The number of thiophene rings is 1. The van der Waals surface area contributed by atoms with Crippen molar-refractivity contribution in [2.75, 3.05) is 13.1 Å². The number of amides is 2. The van der Waals surface area contributed by atoms with Gasteiger partial charge in [0.1, 0.15) is 5.41 Å². The maximum Gasteiger partial charge on any atom is 0.243 e. The average molecular weight is 386 g/mol. The lowest BCUT2D eigenvalue weighted by molar-refractivity contribution is -0.141. The SMILES string of the molecule is CC(=O)N(Cc1ccsc1)[C@H]1CC12CCN(C(=O)C1(C#N)CCCC1)CC2. The van der Waals surface area contributed by atoms with E-state index in [1.807, 2.05) is 9.80 Å². The molecule has 0 unspecified atom stereocenters. The fraction of sp³-hybridized carbons (Fsp3) is 0.667. The van der Waals surface area contributed by atoms with Crippen molar-refractivity contribution in [3.05, 3.63) is 22.4 Å². The normalized spacial score (nSPS) is 25.2. The Morgan fingerprint density at radius 3 is 2.56 bits per heavy atom. The Morgan fingerprint density at radius 1 is 1.30 bits per heavy atom. The summed E-state index contributed by atoms with van der Waals surface area (Å²) in [5.41, 5.74) is 0.605. The highest BCUT2D eigenvalue weighted by molar-refractivity contribution is 7.07. The molecule has 1 spiro atoms. The third-order valence-electron chi connectivity index (χ3n) is 6.99. The quantitative estimate of drug-likeness (QED) is 0.796. The van der Waals surface area contributed by atoms with Crippen molar-refractivity contribution in [3.63, 3.8) is 0 Å². The minimum absolute atomic E-state index is 0.0521. The second-order valence-corrected chi connectivity index (χ2v) is 9.33. The molecule has 6 heteroatoms. The molecule has 27 heavy (non-hydrogen) atoms. The van der Waals surface area contributed by atoms with Crippen LogP contribution < -0.4 is 0 Å². The average Bonchev–Trinajstić information content (AvgIpc) is 3.08. The summed E-state index contributed by atoms with van der Waals surface area (Å²) in [6, 6.07) is 4.71. The van der Waals surface area contributed by atoms with Crippen LogP contribution in [0.15, 0.2) is 16.8 Å². The van der Waals surface area contributed by atoms with Crippen LogP contribution in [0.4, 0.5) is 0 Å². The van der Waals surface area contributed by atoms with Crippen LogP contribution >= 0.6 is 11.3 Å². The third-order valence-corrected chi connectivity index (χ3v) is 7.72. The third kappa shape index (κ3) is 3.27. The molecule has 2 aliphatic carbocycles. The molecule has 144 valence electrons. The van der Waals surface area contributed by atoms with E-state index < -0.39 is 5.41 Å². The highest BCUT2D eigenvalue weighted by Crippen LogP contribution is 2.57. The van der Waals surface area contributed by atoms with Gasteiger partial charge in [-0.05, 0) is 59.9 Å². The van der Waals surface area contributed by atoms with Crippen molar-refractivity contribution in [1.29, 1.82) is 5.26 Å². The van der Waals surface area contributed by atoms with Crippen molar-refractivity contribution < 1.29 is 9.59 Å². The summed E-state index contributed by atoms with van der Waals surface area (Å²) >= 11 is 1.66. The summed E-state index contributed by atoms with van der Waals surface area (Å²) in [4.78, 5) is 29.1. The molecule has 2 heterocycles. The predicted octanol–water partition coefficient (Wildman–Crippen LogP) is 3.56. The van der Waals surface area contributed by atoms with Crippen LogP contribution in [0.25, 0.3) is 0 Å². The van der Waals surface area contributed by atoms with Crippen LogP contribution in [-0.2, 0) is 16.1 Å². The van der Waals surface area contributed by atoms with E-state index in [4.69, 9.17) is 0 Å². The molecule has 4 rings (SSSR count). The summed E-state index contributed by atoms with van der Waals surface area (Å²) in [6.45, 7) is 3.80. The Bertz CT molecular complexity index is 753. The highest BCUT2D eigenvalue weighted by atomic mass is 32.1. The van der Waals surface area contributed by atoms with E-state index in [9.17, 15) is 14.9 Å². The van der Waals surface area contributed by atoms with Crippen LogP contribution in [0.2, 0.25) is 0 Å². The number of nitriles is 1. The lowest BCUT2D eigenvalue weighted by Crippen LogP contribution is -2.47. The molecule has 1 saturated heterocycles. The number of hydrogen-bond donors (Lipinski definition) is 0. The predicted molar refractivity (Wildman–Crippen MR) is 104 cm³/mol. The van der Waals surface area contributed by atoms with E-state index >= 15 is 0 Å². The molecule has 0 bridgehead atoms. The molecular weight excluding hydrogens is 358 g/mol. The molecule has 0 aromatic carbocycles. The van der Waals surface area contributed by atoms with Crippen LogP contribution in [0.3, 0.4) is 0 Å². The van der Waals surface area contributed by atoms with Crippen LogP contribution in [-0.4, -0.2) is 40.7 Å². The van der Waals surface area contributed by atoms with Crippen molar-refractivity contribution in [3.8, 4) is 6.07 Å². The number of carbonyl (C=O) groups is 2. The number of nitrogens with zero attached hydrogens (tertiary/aromatic N) is 3. The van der Waals surface area contributed by atoms with E-state index in [1.165, 1.54) is 5.56 Å². The molecule has 2 amide bonds. The molecule has 1 aromatic rings. The molecular formula is C21H27N3O2S. The largest absolute Gasteiger partial charge is 0.341 e. The fourth-order valence-corrected chi connectivity index (χ4v) is 5.79. The van der Waals surface area contributed by atoms with Crippen molar-refractivity contribution in [1.82, 2.24) is 9.80 Å². The Labute approximate surface area is 164 Å². The second-order valence-electron chi connectivity index (χ2n) is 8.55. The highest BCUT2D eigenvalue weighted by Gasteiger charge is 2.59. The summed E-state index contributed by atoms with van der Waals surface area (Å²) in [7, 11) is 0. The Hall–Kier alpha value is -1.87. The minimum atomic E-state index is -0.766. The first kappa shape index (κ1) is 18.5. The van der Waals surface area contributed by atoms with Gasteiger partial charge in [-0.15, -0.1) is 0 Å². The van der Waals surface area contributed by atoms with E-state index in [1.54, 1.807) is 18.3 Å². The van der Waals surface area contributed by atoms with Crippen LogP contribution in [0.5, 0.6) is 0 Å². The van der Waals surface area contributed by atoms with Gasteiger partial charge >= 0.3 is 0 Å². The Balaban J connectivity index is 1.38. The molecule has 3 aliphatic rings. The van der Waals surface area contributed by atoms with Gasteiger partial charge in [-0.3, -0.25) is 9.59 Å². The summed E-state index contributed by atoms with van der Waals surface area (Å²) < 4.78 is 0. The zero-order chi connectivity index (χ0) is 19.1. The van der Waals surface area contributed by atoms with Crippen LogP contribution in [0, 0.1) is 22.2 Å². The molecule has 0 N–H and O–H groups in total.